The van der Waals surface area contributed by atoms with Crippen LogP contribution in [0, 0.1) is 11.8 Å². The largest absolute Gasteiger partial charge is 0.384 e. The number of rotatable bonds is 2. The molecule has 1 aromatic heterocycles. The molecule has 1 saturated carbocycles. The van der Waals surface area contributed by atoms with E-state index in [4.69, 9.17) is 5.11 Å². The second kappa shape index (κ2) is 7.80. The minimum atomic E-state index is -0.194. The molecular formula is C17H22N2O2. The summed E-state index contributed by atoms with van der Waals surface area (Å²) in [4.78, 5) is 18.5. The fourth-order valence-electron chi connectivity index (χ4n) is 2.78. The SMILES string of the molecule is CN(C(=O)c1cncc(C#CCO)c1)C1CCCCCC1. The minimum Gasteiger partial charge on any atom is -0.384 e. The molecule has 1 aliphatic rings. The van der Waals surface area contributed by atoms with Crippen molar-refractivity contribution in [3.63, 3.8) is 0 Å². The van der Waals surface area contributed by atoms with Gasteiger partial charge in [0.1, 0.15) is 6.61 Å². The molecule has 1 heterocycles. The van der Waals surface area contributed by atoms with Crippen molar-refractivity contribution in [2.75, 3.05) is 13.7 Å². The Morgan fingerprint density at radius 3 is 2.71 bits per heavy atom. The van der Waals surface area contributed by atoms with Gasteiger partial charge in [0.05, 0.1) is 5.56 Å². The summed E-state index contributed by atoms with van der Waals surface area (Å²) in [5, 5.41) is 8.72. The summed E-state index contributed by atoms with van der Waals surface area (Å²) >= 11 is 0. The molecular weight excluding hydrogens is 264 g/mol. The average Bonchev–Trinajstić information content (AvgIpc) is 2.81. The van der Waals surface area contributed by atoms with E-state index in [1.165, 1.54) is 25.7 Å². The normalized spacial score (nSPS) is 15.7. The first-order valence-electron chi connectivity index (χ1n) is 7.54. The highest BCUT2D eigenvalue weighted by Gasteiger charge is 2.22. The third-order valence-corrected chi connectivity index (χ3v) is 3.99. The van der Waals surface area contributed by atoms with Crippen LogP contribution in [0.5, 0.6) is 0 Å². The number of pyridine rings is 1. The average molecular weight is 286 g/mol. The lowest BCUT2D eigenvalue weighted by Crippen LogP contribution is -2.36. The van der Waals surface area contributed by atoms with E-state index in [1.807, 2.05) is 11.9 Å². The number of amides is 1. The molecule has 1 amide bonds. The van der Waals surface area contributed by atoms with Crippen LogP contribution in [0.25, 0.3) is 0 Å². The van der Waals surface area contributed by atoms with Crippen LogP contribution < -0.4 is 0 Å². The maximum Gasteiger partial charge on any atom is 0.255 e. The maximum absolute atomic E-state index is 12.6. The number of nitrogens with zero attached hydrogens (tertiary/aromatic N) is 2. The van der Waals surface area contributed by atoms with Gasteiger partial charge in [-0.05, 0) is 18.9 Å². The fourth-order valence-corrected chi connectivity index (χ4v) is 2.78. The zero-order chi connectivity index (χ0) is 15.1. The first-order valence-corrected chi connectivity index (χ1v) is 7.54. The topological polar surface area (TPSA) is 53.4 Å². The first-order chi connectivity index (χ1) is 10.2. The highest BCUT2D eigenvalue weighted by atomic mass is 16.2. The second-order valence-corrected chi connectivity index (χ2v) is 5.48. The van der Waals surface area contributed by atoms with Gasteiger partial charge in [0.2, 0.25) is 0 Å². The predicted octanol–water partition coefficient (Wildman–Crippen LogP) is 2.22. The molecule has 2 rings (SSSR count). The molecule has 0 atom stereocenters. The molecule has 0 unspecified atom stereocenters. The fraction of sp³-hybridized carbons (Fsp3) is 0.529. The number of hydrogen-bond acceptors (Lipinski definition) is 3. The third-order valence-electron chi connectivity index (χ3n) is 3.99. The van der Waals surface area contributed by atoms with Crippen LogP contribution in [0.2, 0.25) is 0 Å². The van der Waals surface area contributed by atoms with Crippen molar-refractivity contribution < 1.29 is 9.90 Å². The van der Waals surface area contributed by atoms with E-state index in [0.717, 1.165) is 12.8 Å². The van der Waals surface area contributed by atoms with Crippen molar-refractivity contribution >= 4 is 5.91 Å². The highest BCUT2D eigenvalue weighted by molar-refractivity contribution is 5.94. The third kappa shape index (κ3) is 4.30. The molecule has 0 saturated heterocycles. The Bertz CT molecular complexity index is 537. The lowest BCUT2D eigenvalue weighted by molar-refractivity contribution is 0.0717. The van der Waals surface area contributed by atoms with Gasteiger partial charge < -0.3 is 10.0 Å². The summed E-state index contributed by atoms with van der Waals surface area (Å²) in [5.41, 5.74) is 1.22. The molecule has 1 aliphatic carbocycles. The van der Waals surface area contributed by atoms with Crippen LogP contribution in [0.1, 0.15) is 54.4 Å². The van der Waals surface area contributed by atoms with Crippen molar-refractivity contribution in [2.45, 2.75) is 44.6 Å². The van der Waals surface area contributed by atoms with Crippen LogP contribution in [0.3, 0.4) is 0 Å². The Hall–Kier alpha value is -1.86. The van der Waals surface area contributed by atoms with Crippen LogP contribution in [-0.2, 0) is 0 Å². The predicted molar refractivity (Wildman–Crippen MR) is 81.8 cm³/mol. The quantitative estimate of drug-likeness (QED) is 0.670. The molecule has 1 N–H and O–H groups in total. The van der Waals surface area contributed by atoms with Crippen LogP contribution >= 0.6 is 0 Å². The van der Waals surface area contributed by atoms with E-state index in [2.05, 4.69) is 16.8 Å². The molecule has 0 spiro atoms. The van der Waals surface area contributed by atoms with Gasteiger partial charge in [-0.3, -0.25) is 9.78 Å². The maximum atomic E-state index is 12.6. The van der Waals surface area contributed by atoms with E-state index < -0.39 is 0 Å². The summed E-state index contributed by atoms with van der Waals surface area (Å²) < 4.78 is 0. The second-order valence-electron chi connectivity index (χ2n) is 5.48. The van der Waals surface area contributed by atoms with E-state index in [1.54, 1.807) is 18.5 Å². The number of aliphatic hydroxyl groups excluding tert-OH is 1. The summed E-state index contributed by atoms with van der Waals surface area (Å²) in [6.07, 6.45) is 10.3. The van der Waals surface area contributed by atoms with E-state index in [-0.39, 0.29) is 12.5 Å². The molecule has 4 nitrogen and oxygen atoms in total. The van der Waals surface area contributed by atoms with Gasteiger partial charge in [0.25, 0.3) is 5.91 Å². The monoisotopic (exact) mass is 286 g/mol. The van der Waals surface area contributed by atoms with Crippen molar-refractivity contribution in [2.24, 2.45) is 0 Å². The number of aliphatic hydroxyl groups is 1. The number of aromatic nitrogens is 1. The number of carbonyl (C=O) groups excluding carboxylic acids is 1. The molecule has 0 radical (unpaired) electrons. The molecule has 0 aliphatic heterocycles. The molecule has 1 fully saturated rings. The standard InChI is InChI=1S/C17H22N2O2/c1-19(16-8-4-2-3-5-9-16)17(21)15-11-14(7-6-10-20)12-18-13-15/h11-13,16,20H,2-5,8-10H2,1H3. The molecule has 21 heavy (non-hydrogen) atoms. The van der Waals surface area contributed by atoms with Crippen molar-refractivity contribution in [3.05, 3.63) is 29.6 Å². The summed E-state index contributed by atoms with van der Waals surface area (Å²) in [6.45, 7) is -0.194. The Balaban J connectivity index is 2.11. The van der Waals surface area contributed by atoms with Crippen LogP contribution in [0.4, 0.5) is 0 Å². The summed E-state index contributed by atoms with van der Waals surface area (Å²) in [5.74, 6) is 5.36. The molecule has 0 aromatic carbocycles. The number of hydrogen-bond donors (Lipinski definition) is 1. The Kier molecular flexibility index (Phi) is 5.77. The van der Waals surface area contributed by atoms with Crippen LogP contribution in [-0.4, -0.2) is 40.6 Å². The highest BCUT2D eigenvalue weighted by Crippen LogP contribution is 2.22. The molecule has 1 aromatic rings. The van der Waals surface area contributed by atoms with Crippen molar-refractivity contribution in [1.29, 1.82) is 0 Å². The van der Waals surface area contributed by atoms with Crippen molar-refractivity contribution in [1.82, 2.24) is 9.88 Å². The van der Waals surface area contributed by atoms with Crippen molar-refractivity contribution in [3.8, 4) is 11.8 Å². The van der Waals surface area contributed by atoms with E-state index in [0.29, 0.717) is 17.2 Å². The van der Waals surface area contributed by atoms with Gasteiger partial charge in [0, 0.05) is 31.0 Å². The van der Waals surface area contributed by atoms with Gasteiger partial charge in [-0.15, -0.1) is 0 Å². The van der Waals surface area contributed by atoms with Gasteiger partial charge in [0.15, 0.2) is 0 Å². The lowest BCUT2D eigenvalue weighted by Gasteiger charge is -2.27. The smallest absolute Gasteiger partial charge is 0.255 e. The lowest BCUT2D eigenvalue weighted by atomic mass is 10.1. The molecule has 112 valence electrons. The van der Waals surface area contributed by atoms with E-state index in [9.17, 15) is 4.79 Å². The molecule has 0 bridgehead atoms. The minimum absolute atomic E-state index is 0.00190. The Morgan fingerprint density at radius 2 is 2.05 bits per heavy atom. The summed E-state index contributed by atoms with van der Waals surface area (Å²) in [7, 11) is 1.88. The van der Waals surface area contributed by atoms with Crippen LogP contribution in [0.15, 0.2) is 18.5 Å². The van der Waals surface area contributed by atoms with E-state index >= 15 is 0 Å². The zero-order valence-corrected chi connectivity index (χ0v) is 12.5. The number of carbonyl (C=O) groups is 1. The Labute approximate surface area is 126 Å². The summed E-state index contributed by atoms with van der Waals surface area (Å²) in [6, 6.07) is 2.07. The van der Waals surface area contributed by atoms with Gasteiger partial charge in [-0.1, -0.05) is 37.5 Å². The molecule has 4 heteroatoms. The van der Waals surface area contributed by atoms with Gasteiger partial charge in [-0.2, -0.15) is 0 Å². The zero-order valence-electron chi connectivity index (χ0n) is 12.5. The Morgan fingerprint density at radius 1 is 1.33 bits per heavy atom. The van der Waals surface area contributed by atoms with Gasteiger partial charge in [-0.25, -0.2) is 0 Å². The van der Waals surface area contributed by atoms with Gasteiger partial charge >= 0.3 is 0 Å². The first kappa shape index (κ1) is 15.5.